The molecule has 3 unspecified atom stereocenters. The first-order valence-corrected chi connectivity index (χ1v) is 6.49. The summed E-state index contributed by atoms with van der Waals surface area (Å²) >= 11 is 0. The van der Waals surface area contributed by atoms with Crippen LogP contribution in [0.15, 0.2) is 18.2 Å². The van der Waals surface area contributed by atoms with Gasteiger partial charge in [0.1, 0.15) is 17.6 Å². The van der Waals surface area contributed by atoms with E-state index in [0.29, 0.717) is 0 Å². The number of rotatable bonds is 2. The van der Waals surface area contributed by atoms with Crippen molar-refractivity contribution in [1.82, 2.24) is 0 Å². The maximum atomic E-state index is 6.24. The van der Waals surface area contributed by atoms with Crippen LogP contribution in [0.4, 0.5) is 0 Å². The van der Waals surface area contributed by atoms with Gasteiger partial charge in [-0.15, -0.1) is 0 Å². The highest BCUT2D eigenvalue weighted by Gasteiger charge is 2.34. The SMILES string of the molecule is COc1ccc2c(c1)C(N)CC(C1CCCO1)O2. The zero-order valence-corrected chi connectivity index (χ0v) is 10.6. The van der Waals surface area contributed by atoms with E-state index in [4.69, 9.17) is 19.9 Å². The van der Waals surface area contributed by atoms with Crippen molar-refractivity contribution in [2.45, 2.75) is 37.5 Å². The number of hydrogen-bond donors (Lipinski definition) is 1. The van der Waals surface area contributed by atoms with E-state index in [-0.39, 0.29) is 18.2 Å². The number of ether oxygens (including phenoxy) is 3. The average Bonchev–Trinajstić information content (AvgIpc) is 2.92. The van der Waals surface area contributed by atoms with Gasteiger partial charge in [0, 0.05) is 24.6 Å². The molecule has 2 aliphatic heterocycles. The molecule has 0 spiro atoms. The minimum atomic E-state index is -0.00181. The molecule has 1 aromatic rings. The van der Waals surface area contributed by atoms with Gasteiger partial charge in [0.05, 0.1) is 13.2 Å². The van der Waals surface area contributed by atoms with Crippen molar-refractivity contribution in [3.05, 3.63) is 23.8 Å². The summed E-state index contributed by atoms with van der Waals surface area (Å²) in [6, 6.07) is 5.81. The Morgan fingerprint density at radius 3 is 2.94 bits per heavy atom. The molecule has 1 fully saturated rings. The molecule has 0 saturated carbocycles. The van der Waals surface area contributed by atoms with Crippen LogP contribution < -0.4 is 15.2 Å². The first kappa shape index (κ1) is 11.8. The fraction of sp³-hybridized carbons (Fsp3) is 0.571. The van der Waals surface area contributed by atoms with Gasteiger partial charge in [0.15, 0.2) is 0 Å². The van der Waals surface area contributed by atoms with E-state index in [1.165, 1.54) is 0 Å². The lowest BCUT2D eigenvalue weighted by atomic mass is 9.94. The molecule has 98 valence electrons. The molecule has 0 amide bonds. The van der Waals surface area contributed by atoms with Crippen molar-refractivity contribution in [2.24, 2.45) is 5.73 Å². The van der Waals surface area contributed by atoms with Gasteiger partial charge in [-0.25, -0.2) is 0 Å². The zero-order chi connectivity index (χ0) is 12.5. The van der Waals surface area contributed by atoms with E-state index in [2.05, 4.69) is 0 Å². The normalized spacial score (nSPS) is 30.7. The summed E-state index contributed by atoms with van der Waals surface area (Å²) in [4.78, 5) is 0. The second kappa shape index (κ2) is 4.78. The Kier molecular flexibility index (Phi) is 3.14. The zero-order valence-electron chi connectivity index (χ0n) is 10.6. The summed E-state index contributed by atoms with van der Waals surface area (Å²) in [6.45, 7) is 0.842. The maximum Gasteiger partial charge on any atom is 0.127 e. The highest BCUT2D eigenvalue weighted by Crippen LogP contribution is 2.38. The van der Waals surface area contributed by atoms with Crippen molar-refractivity contribution in [2.75, 3.05) is 13.7 Å². The van der Waals surface area contributed by atoms with Crippen molar-refractivity contribution in [3.8, 4) is 11.5 Å². The summed E-state index contributed by atoms with van der Waals surface area (Å²) in [5, 5.41) is 0. The van der Waals surface area contributed by atoms with Crippen LogP contribution in [0, 0.1) is 0 Å². The van der Waals surface area contributed by atoms with Gasteiger partial charge in [0.25, 0.3) is 0 Å². The van der Waals surface area contributed by atoms with E-state index in [9.17, 15) is 0 Å². The molecule has 0 bridgehead atoms. The number of nitrogens with two attached hydrogens (primary N) is 1. The van der Waals surface area contributed by atoms with Gasteiger partial charge in [-0.3, -0.25) is 0 Å². The smallest absolute Gasteiger partial charge is 0.127 e. The topological polar surface area (TPSA) is 53.7 Å². The van der Waals surface area contributed by atoms with Crippen LogP contribution in [0.2, 0.25) is 0 Å². The maximum absolute atomic E-state index is 6.24. The van der Waals surface area contributed by atoms with Gasteiger partial charge in [-0.2, -0.15) is 0 Å². The lowest BCUT2D eigenvalue weighted by molar-refractivity contribution is -0.00199. The number of fused-ring (bicyclic) bond motifs is 1. The predicted molar refractivity (Wildman–Crippen MR) is 67.9 cm³/mol. The van der Waals surface area contributed by atoms with E-state index in [1.807, 2.05) is 18.2 Å². The summed E-state index contributed by atoms with van der Waals surface area (Å²) in [5.41, 5.74) is 7.27. The molecule has 4 heteroatoms. The second-order valence-electron chi connectivity index (χ2n) is 4.95. The average molecular weight is 249 g/mol. The Labute approximate surface area is 107 Å². The summed E-state index contributed by atoms with van der Waals surface area (Å²) in [7, 11) is 1.66. The summed E-state index contributed by atoms with van der Waals surface area (Å²) in [5.74, 6) is 1.69. The van der Waals surface area contributed by atoms with Crippen LogP contribution in [0.25, 0.3) is 0 Å². The Morgan fingerprint density at radius 1 is 1.33 bits per heavy atom. The Balaban J connectivity index is 1.83. The van der Waals surface area contributed by atoms with Crippen molar-refractivity contribution in [3.63, 3.8) is 0 Å². The minimum Gasteiger partial charge on any atom is -0.497 e. The Morgan fingerprint density at radius 2 is 2.22 bits per heavy atom. The third-order valence-electron chi connectivity index (χ3n) is 3.76. The van der Waals surface area contributed by atoms with E-state index >= 15 is 0 Å². The fourth-order valence-electron chi connectivity index (χ4n) is 2.76. The molecule has 2 heterocycles. The molecule has 0 aliphatic carbocycles. The van der Waals surface area contributed by atoms with Crippen molar-refractivity contribution in [1.29, 1.82) is 0 Å². The quantitative estimate of drug-likeness (QED) is 0.871. The Bertz CT molecular complexity index is 429. The molecule has 2 N–H and O–H groups in total. The largest absolute Gasteiger partial charge is 0.497 e. The predicted octanol–water partition coefficient (Wildman–Crippen LogP) is 2.03. The lowest BCUT2D eigenvalue weighted by Gasteiger charge is -2.33. The lowest BCUT2D eigenvalue weighted by Crippen LogP contribution is -2.38. The molecule has 0 radical (unpaired) electrons. The molecule has 3 atom stereocenters. The van der Waals surface area contributed by atoms with Gasteiger partial charge in [-0.05, 0) is 31.0 Å². The molecule has 18 heavy (non-hydrogen) atoms. The molecule has 0 aromatic heterocycles. The van der Waals surface area contributed by atoms with Crippen molar-refractivity contribution < 1.29 is 14.2 Å². The van der Waals surface area contributed by atoms with E-state index in [0.717, 1.165) is 42.9 Å². The Hall–Kier alpha value is -1.26. The van der Waals surface area contributed by atoms with Gasteiger partial charge < -0.3 is 19.9 Å². The fourth-order valence-corrected chi connectivity index (χ4v) is 2.76. The molecule has 2 aliphatic rings. The van der Waals surface area contributed by atoms with Crippen LogP contribution in [0.5, 0.6) is 11.5 Å². The first-order chi connectivity index (χ1) is 8.78. The van der Waals surface area contributed by atoms with E-state index in [1.54, 1.807) is 7.11 Å². The number of benzene rings is 1. The van der Waals surface area contributed by atoms with Gasteiger partial charge in [0.2, 0.25) is 0 Å². The third-order valence-corrected chi connectivity index (χ3v) is 3.76. The molecule has 3 rings (SSSR count). The highest BCUT2D eigenvalue weighted by molar-refractivity contribution is 5.43. The molecular weight excluding hydrogens is 230 g/mol. The molecule has 1 saturated heterocycles. The monoisotopic (exact) mass is 249 g/mol. The van der Waals surface area contributed by atoms with Crippen LogP contribution >= 0.6 is 0 Å². The summed E-state index contributed by atoms with van der Waals surface area (Å²) < 4.78 is 16.9. The highest BCUT2D eigenvalue weighted by atomic mass is 16.5. The second-order valence-corrected chi connectivity index (χ2v) is 4.95. The third kappa shape index (κ3) is 2.06. The minimum absolute atomic E-state index is 0.00181. The summed E-state index contributed by atoms with van der Waals surface area (Å²) in [6.07, 6.45) is 3.29. The molecular formula is C14H19NO3. The van der Waals surface area contributed by atoms with Gasteiger partial charge >= 0.3 is 0 Å². The first-order valence-electron chi connectivity index (χ1n) is 6.49. The standard InChI is InChI=1S/C14H19NO3/c1-16-9-4-5-12-10(7-9)11(15)8-14(18-12)13-3-2-6-17-13/h4-5,7,11,13-14H,2-3,6,8,15H2,1H3. The van der Waals surface area contributed by atoms with Crippen LogP contribution in [-0.4, -0.2) is 25.9 Å². The molecule has 1 aromatic carbocycles. The van der Waals surface area contributed by atoms with Crippen molar-refractivity contribution >= 4 is 0 Å². The number of hydrogen-bond acceptors (Lipinski definition) is 4. The van der Waals surface area contributed by atoms with Gasteiger partial charge in [-0.1, -0.05) is 0 Å². The van der Waals surface area contributed by atoms with Crippen LogP contribution in [0.1, 0.15) is 30.9 Å². The van der Waals surface area contributed by atoms with Crippen LogP contribution in [0.3, 0.4) is 0 Å². The van der Waals surface area contributed by atoms with Crippen LogP contribution in [-0.2, 0) is 4.74 Å². The molecule has 4 nitrogen and oxygen atoms in total. The van der Waals surface area contributed by atoms with E-state index < -0.39 is 0 Å². The number of methoxy groups -OCH3 is 1.